The molecule has 18 heavy (non-hydrogen) atoms. The zero-order chi connectivity index (χ0) is 12.5. The van der Waals surface area contributed by atoms with Crippen molar-refractivity contribution in [3.8, 4) is 0 Å². The van der Waals surface area contributed by atoms with Crippen LogP contribution in [0.1, 0.15) is 42.5 Å². The zero-order valence-electron chi connectivity index (χ0n) is 10.3. The van der Waals surface area contributed by atoms with E-state index in [0.29, 0.717) is 17.8 Å². The number of nitrogens with zero attached hydrogens (tertiary/aromatic N) is 1. The van der Waals surface area contributed by atoms with E-state index in [2.05, 4.69) is 0 Å². The van der Waals surface area contributed by atoms with Crippen LogP contribution in [-0.2, 0) is 4.79 Å². The van der Waals surface area contributed by atoms with Gasteiger partial charge in [-0.3, -0.25) is 9.59 Å². The Morgan fingerprint density at radius 3 is 2.89 bits per heavy atom. The lowest BCUT2D eigenvalue weighted by Gasteiger charge is -2.28. The van der Waals surface area contributed by atoms with Gasteiger partial charge >= 0.3 is 0 Å². The Balaban J connectivity index is 1.79. The molecule has 1 aromatic heterocycles. The number of Topliss-reactive ketones (excluding diaryl/α,β-unsaturated/α-hetero) is 1. The lowest BCUT2D eigenvalue weighted by atomic mass is 9.95. The molecule has 2 aliphatic rings. The molecule has 3 rings (SSSR count). The summed E-state index contributed by atoms with van der Waals surface area (Å²) in [5.41, 5.74) is 0.590. The fourth-order valence-electron chi connectivity index (χ4n) is 3.26. The molecule has 2 atom stereocenters. The monoisotopic (exact) mass is 247 g/mol. The highest BCUT2D eigenvalue weighted by Crippen LogP contribution is 2.34. The van der Waals surface area contributed by atoms with Crippen molar-refractivity contribution in [1.29, 1.82) is 0 Å². The van der Waals surface area contributed by atoms with Gasteiger partial charge in [0.1, 0.15) is 12.0 Å². The first-order chi connectivity index (χ1) is 8.77. The van der Waals surface area contributed by atoms with Crippen molar-refractivity contribution in [2.24, 2.45) is 5.92 Å². The number of furan rings is 1. The van der Waals surface area contributed by atoms with Crippen LogP contribution < -0.4 is 0 Å². The standard InChI is InChI=1S/C14H17NO3/c16-13-5-1-3-11(13)12-4-2-7-15(12)14(17)10-6-8-18-9-10/h6,8-9,11-12H,1-5,7H2. The number of carbonyl (C=O) groups excluding carboxylic acids is 2. The smallest absolute Gasteiger partial charge is 0.257 e. The third-order valence-electron chi connectivity index (χ3n) is 4.14. The first-order valence-corrected chi connectivity index (χ1v) is 6.63. The van der Waals surface area contributed by atoms with E-state index in [-0.39, 0.29) is 17.9 Å². The summed E-state index contributed by atoms with van der Waals surface area (Å²) in [5, 5.41) is 0. The molecule has 0 radical (unpaired) electrons. The van der Waals surface area contributed by atoms with Crippen molar-refractivity contribution in [2.45, 2.75) is 38.1 Å². The van der Waals surface area contributed by atoms with Gasteiger partial charge in [0.15, 0.2) is 0 Å². The Morgan fingerprint density at radius 2 is 2.22 bits per heavy atom. The molecule has 2 heterocycles. The van der Waals surface area contributed by atoms with Gasteiger partial charge in [-0.2, -0.15) is 0 Å². The SMILES string of the molecule is O=C1CCCC1C1CCCN1C(=O)c1ccoc1. The van der Waals surface area contributed by atoms with E-state index in [9.17, 15) is 9.59 Å². The number of rotatable bonds is 2. The lowest BCUT2D eigenvalue weighted by Crippen LogP contribution is -2.41. The minimum absolute atomic E-state index is 0.00551. The molecule has 0 bridgehead atoms. The fourth-order valence-corrected chi connectivity index (χ4v) is 3.26. The highest BCUT2D eigenvalue weighted by Gasteiger charge is 2.40. The van der Waals surface area contributed by atoms with Crippen LogP contribution >= 0.6 is 0 Å². The van der Waals surface area contributed by atoms with Crippen LogP contribution in [0.3, 0.4) is 0 Å². The highest BCUT2D eigenvalue weighted by atomic mass is 16.3. The van der Waals surface area contributed by atoms with Crippen LogP contribution in [0.2, 0.25) is 0 Å². The molecule has 0 aromatic carbocycles. The maximum atomic E-state index is 12.3. The molecule has 0 spiro atoms. The van der Waals surface area contributed by atoms with Gasteiger partial charge in [0.05, 0.1) is 11.8 Å². The van der Waals surface area contributed by atoms with Crippen molar-refractivity contribution in [3.05, 3.63) is 24.2 Å². The molecule has 1 saturated heterocycles. The molecule has 4 heteroatoms. The summed E-state index contributed by atoms with van der Waals surface area (Å²) in [6.07, 6.45) is 7.56. The number of carbonyl (C=O) groups is 2. The van der Waals surface area contributed by atoms with Gasteiger partial charge in [0.25, 0.3) is 5.91 Å². The van der Waals surface area contributed by atoms with Crippen LogP contribution in [0.25, 0.3) is 0 Å². The summed E-state index contributed by atoms with van der Waals surface area (Å²) in [5.74, 6) is 0.418. The Kier molecular flexibility index (Phi) is 2.94. The summed E-state index contributed by atoms with van der Waals surface area (Å²) in [6.45, 7) is 0.762. The van der Waals surface area contributed by atoms with Gasteiger partial charge in [0, 0.05) is 24.9 Å². The number of hydrogen-bond acceptors (Lipinski definition) is 3. The predicted octanol–water partition coefficient (Wildman–Crippen LogP) is 2.25. The normalized spacial score (nSPS) is 28.0. The van der Waals surface area contributed by atoms with Crippen molar-refractivity contribution < 1.29 is 14.0 Å². The minimum Gasteiger partial charge on any atom is -0.472 e. The molecular formula is C14H17NO3. The Bertz CT molecular complexity index is 452. The van der Waals surface area contributed by atoms with Gasteiger partial charge in [-0.1, -0.05) is 0 Å². The average Bonchev–Trinajstić information content (AvgIpc) is 3.09. The van der Waals surface area contributed by atoms with Crippen LogP contribution in [0, 0.1) is 5.92 Å². The Hall–Kier alpha value is -1.58. The molecule has 0 N–H and O–H groups in total. The van der Waals surface area contributed by atoms with Crippen molar-refractivity contribution in [1.82, 2.24) is 4.90 Å². The second-order valence-electron chi connectivity index (χ2n) is 5.19. The number of hydrogen-bond donors (Lipinski definition) is 0. The molecule has 96 valence electrons. The Labute approximate surface area is 106 Å². The summed E-state index contributed by atoms with van der Waals surface area (Å²) in [7, 11) is 0. The van der Waals surface area contributed by atoms with Crippen molar-refractivity contribution >= 4 is 11.7 Å². The maximum absolute atomic E-state index is 12.3. The first-order valence-electron chi connectivity index (χ1n) is 6.63. The topological polar surface area (TPSA) is 50.5 Å². The average molecular weight is 247 g/mol. The summed E-state index contributed by atoms with van der Waals surface area (Å²) >= 11 is 0. The van der Waals surface area contributed by atoms with Crippen LogP contribution in [0.4, 0.5) is 0 Å². The van der Waals surface area contributed by atoms with E-state index in [1.165, 1.54) is 12.5 Å². The molecule has 1 saturated carbocycles. The zero-order valence-corrected chi connectivity index (χ0v) is 10.3. The summed E-state index contributed by atoms with van der Waals surface area (Å²) in [6, 6.07) is 1.80. The molecule has 4 nitrogen and oxygen atoms in total. The van der Waals surface area contributed by atoms with Gasteiger partial charge in [0.2, 0.25) is 0 Å². The molecule has 1 aromatic rings. The Morgan fingerprint density at radius 1 is 1.33 bits per heavy atom. The largest absolute Gasteiger partial charge is 0.472 e. The minimum atomic E-state index is 0.00551. The van der Waals surface area contributed by atoms with Gasteiger partial charge in [-0.25, -0.2) is 0 Å². The van der Waals surface area contributed by atoms with Gasteiger partial charge in [-0.05, 0) is 31.7 Å². The first kappa shape index (κ1) is 11.5. The molecule has 1 aliphatic heterocycles. The van der Waals surface area contributed by atoms with E-state index in [0.717, 1.165) is 32.2 Å². The predicted molar refractivity (Wildman–Crippen MR) is 65.1 cm³/mol. The van der Waals surface area contributed by atoms with E-state index >= 15 is 0 Å². The maximum Gasteiger partial charge on any atom is 0.257 e. The molecule has 1 aliphatic carbocycles. The van der Waals surface area contributed by atoms with E-state index < -0.39 is 0 Å². The van der Waals surface area contributed by atoms with Gasteiger partial charge < -0.3 is 9.32 Å². The van der Waals surface area contributed by atoms with E-state index in [4.69, 9.17) is 4.42 Å². The lowest BCUT2D eigenvalue weighted by molar-refractivity contribution is -0.121. The molecule has 1 amide bonds. The van der Waals surface area contributed by atoms with Crippen molar-refractivity contribution in [3.63, 3.8) is 0 Å². The molecule has 2 fully saturated rings. The van der Waals surface area contributed by atoms with Crippen LogP contribution in [0.5, 0.6) is 0 Å². The third-order valence-corrected chi connectivity index (χ3v) is 4.14. The number of ketones is 1. The third kappa shape index (κ3) is 1.85. The van der Waals surface area contributed by atoms with Crippen LogP contribution in [0.15, 0.2) is 23.0 Å². The van der Waals surface area contributed by atoms with Crippen molar-refractivity contribution in [2.75, 3.05) is 6.54 Å². The van der Waals surface area contributed by atoms with E-state index in [1.54, 1.807) is 6.07 Å². The second-order valence-corrected chi connectivity index (χ2v) is 5.19. The number of likely N-dealkylation sites (tertiary alicyclic amines) is 1. The quantitative estimate of drug-likeness (QED) is 0.805. The van der Waals surface area contributed by atoms with Gasteiger partial charge in [-0.15, -0.1) is 0 Å². The van der Waals surface area contributed by atoms with Crippen LogP contribution in [-0.4, -0.2) is 29.2 Å². The highest BCUT2D eigenvalue weighted by molar-refractivity contribution is 5.95. The number of amides is 1. The fraction of sp³-hybridized carbons (Fsp3) is 0.571. The second kappa shape index (κ2) is 4.59. The van der Waals surface area contributed by atoms with E-state index in [1.807, 2.05) is 4.90 Å². The molecular weight excluding hydrogens is 230 g/mol. The summed E-state index contributed by atoms with van der Waals surface area (Å²) in [4.78, 5) is 26.1. The summed E-state index contributed by atoms with van der Waals surface area (Å²) < 4.78 is 4.96. The molecule has 2 unspecified atom stereocenters.